The van der Waals surface area contributed by atoms with E-state index in [1.807, 2.05) is 23.9 Å². The topological polar surface area (TPSA) is 21.3 Å². The molecule has 1 aromatic carbocycles. The van der Waals surface area contributed by atoms with Crippen LogP contribution in [0.25, 0.3) is 0 Å². The monoisotopic (exact) mass is 253 g/mol. The van der Waals surface area contributed by atoms with E-state index in [0.29, 0.717) is 6.04 Å². The Balaban J connectivity index is 2.14. The maximum absolute atomic E-state index is 5.71. The van der Waals surface area contributed by atoms with Gasteiger partial charge in [-0.15, -0.1) is 0 Å². The number of thioether (sulfide) groups is 1. The highest BCUT2D eigenvalue weighted by atomic mass is 32.2. The summed E-state index contributed by atoms with van der Waals surface area (Å²) in [5, 5.41) is 3.46. The van der Waals surface area contributed by atoms with E-state index >= 15 is 0 Å². The van der Waals surface area contributed by atoms with Gasteiger partial charge in [-0.3, -0.25) is 0 Å². The average molecular weight is 253 g/mol. The van der Waals surface area contributed by atoms with E-state index in [4.69, 9.17) is 4.74 Å². The molecule has 0 amide bonds. The molecular weight excluding hydrogens is 230 g/mol. The second-order valence-corrected chi connectivity index (χ2v) is 5.31. The fraction of sp³-hybridized carbons (Fsp3) is 0.571. The lowest BCUT2D eigenvalue weighted by atomic mass is 10.2. The molecule has 0 fully saturated rings. The van der Waals surface area contributed by atoms with Crippen molar-refractivity contribution in [3.8, 4) is 5.75 Å². The molecule has 0 heterocycles. The molecule has 3 heteroatoms. The van der Waals surface area contributed by atoms with Crippen LogP contribution in [0.3, 0.4) is 0 Å². The second kappa shape index (κ2) is 8.43. The molecule has 2 nitrogen and oxygen atoms in total. The third-order valence-electron chi connectivity index (χ3n) is 2.54. The summed E-state index contributed by atoms with van der Waals surface area (Å²) in [6.45, 7) is 6.04. The van der Waals surface area contributed by atoms with Gasteiger partial charge < -0.3 is 10.1 Å². The molecule has 0 radical (unpaired) electrons. The Labute approximate surface area is 109 Å². The quantitative estimate of drug-likeness (QED) is 0.719. The maximum Gasteiger partial charge on any atom is 0.119 e. The first-order valence-electron chi connectivity index (χ1n) is 6.14. The molecule has 0 aliphatic heterocycles. The molecule has 1 N–H and O–H groups in total. The zero-order chi connectivity index (χ0) is 12.5. The van der Waals surface area contributed by atoms with Gasteiger partial charge in [0, 0.05) is 6.04 Å². The number of aryl methyl sites for hydroxylation is 1. The summed E-state index contributed by atoms with van der Waals surface area (Å²) >= 11 is 1.89. The molecule has 0 bridgehead atoms. The molecule has 1 aromatic rings. The lowest BCUT2D eigenvalue weighted by Crippen LogP contribution is -2.32. The van der Waals surface area contributed by atoms with E-state index in [1.165, 1.54) is 17.7 Å². The Kier molecular flexibility index (Phi) is 7.13. The third kappa shape index (κ3) is 6.59. The predicted molar refractivity (Wildman–Crippen MR) is 77.1 cm³/mol. The Hall–Kier alpha value is -0.670. The summed E-state index contributed by atoms with van der Waals surface area (Å²) in [5.74, 6) is 2.17. The van der Waals surface area contributed by atoms with Crippen molar-refractivity contribution in [2.75, 3.05) is 25.2 Å². The van der Waals surface area contributed by atoms with Crippen molar-refractivity contribution in [3.63, 3.8) is 0 Å². The van der Waals surface area contributed by atoms with Crippen LogP contribution >= 0.6 is 11.8 Å². The van der Waals surface area contributed by atoms with Gasteiger partial charge in [-0.2, -0.15) is 11.8 Å². The zero-order valence-corrected chi connectivity index (χ0v) is 11.8. The number of ether oxygens (including phenoxy) is 1. The van der Waals surface area contributed by atoms with Gasteiger partial charge in [0.05, 0.1) is 0 Å². The van der Waals surface area contributed by atoms with Gasteiger partial charge in [0.2, 0.25) is 0 Å². The van der Waals surface area contributed by atoms with E-state index in [1.54, 1.807) is 0 Å². The number of hydrogen-bond donors (Lipinski definition) is 1. The van der Waals surface area contributed by atoms with Crippen LogP contribution in [0.1, 0.15) is 18.9 Å². The van der Waals surface area contributed by atoms with Crippen molar-refractivity contribution in [1.82, 2.24) is 5.32 Å². The summed E-state index contributed by atoms with van der Waals surface area (Å²) in [6, 6.07) is 8.60. The summed E-state index contributed by atoms with van der Waals surface area (Å²) < 4.78 is 5.71. The van der Waals surface area contributed by atoms with Crippen molar-refractivity contribution in [2.24, 2.45) is 0 Å². The lowest BCUT2D eigenvalue weighted by molar-refractivity contribution is 0.273. The van der Waals surface area contributed by atoms with Crippen LogP contribution in [0, 0.1) is 6.92 Å². The molecule has 17 heavy (non-hydrogen) atoms. The average Bonchev–Trinajstić information content (AvgIpc) is 2.34. The fourth-order valence-electron chi connectivity index (χ4n) is 1.48. The van der Waals surface area contributed by atoms with Crippen LogP contribution in [-0.2, 0) is 0 Å². The van der Waals surface area contributed by atoms with Gasteiger partial charge >= 0.3 is 0 Å². The van der Waals surface area contributed by atoms with Crippen molar-refractivity contribution in [1.29, 1.82) is 0 Å². The van der Waals surface area contributed by atoms with E-state index in [-0.39, 0.29) is 0 Å². The minimum atomic E-state index is 0.401. The summed E-state index contributed by atoms with van der Waals surface area (Å²) in [4.78, 5) is 0. The highest BCUT2D eigenvalue weighted by Gasteiger charge is 2.01. The van der Waals surface area contributed by atoms with Gasteiger partial charge in [-0.05, 0) is 51.0 Å². The number of hydrogen-bond acceptors (Lipinski definition) is 3. The normalized spacial score (nSPS) is 12.4. The lowest BCUT2D eigenvalue weighted by Gasteiger charge is -2.14. The van der Waals surface area contributed by atoms with Crippen molar-refractivity contribution >= 4 is 11.8 Å². The standard InChI is InChI=1S/C14H23NOS/c1-12-5-7-14(8-6-12)16-11-13(2)15-9-4-10-17-3/h5-8,13,15H,4,9-11H2,1-3H3. The Morgan fingerprint density at radius 2 is 2.00 bits per heavy atom. The predicted octanol–water partition coefficient (Wildman–Crippen LogP) is 3.11. The Bertz CT molecular complexity index is 300. The van der Waals surface area contributed by atoms with Crippen LogP contribution in [0.2, 0.25) is 0 Å². The van der Waals surface area contributed by atoms with Gasteiger partial charge in [0.25, 0.3) is 0 Å². The molecule has 0 aliphatic rings. The van der Waals surface area contributed by atoms with E-state index in [9.17, 15) is 0 Å². The van der Waals surface area contributed by atoms with E-state index in [2.05, 4.69) is 37.6 Å². The number of benzene rings is 1. The Morgan fingerprint density at radius 1 is 1.29 bits per heavy atom. The highest BCUT2D eigenvalue weighted by molar-refractivity contribution is 7.98. The summed E-state index contributed by atoms with van der Waals surface area (Å²) in [7, 11) is 0. The molecule has 0 saturated heterocycles. The maximum atomic E-state index is 5.71. The first-order chi connectivity index (χ1) is 8.22. The minimum absolute atomic E-state index is 0.401. The van der Waals surface area contributed by atoms with Crippen LogP contribution in [-0.4, -0.2) is 31.2 Å². The third-order valence-corrected chi connectivity index (χ3v) is 3.24. The largest absolute Gasteiger partial charge is 0.492 e. The highest BCUT2D eigenvalue weighted by Crippen LogP contribution is 2.11. The number of nitrogens with one attached hydrogen (secondary N) is 1. The van der Waals surface area contributed by atoms with Gasteiger partial charge in [0.1, 0.15) is 12.4 Å². The van der Waals surface area contributed by atoms with Gasteiger partial charge in [0.15, 0.2) is 0 Å². The van der Waals surface area contributed by atoms with E-state index < -0.39 is 0 Å². The summed E-state index contributed by atoms with van der Waals surface area (Å²) in [5.41, 5.74) is 1.26. The molecule has 0 saturated carbocycles. The first-order valence-corrected chi connectivity index (χ1v) is 7.53. The molecule has 0 aliphatic carbocycles. The molecule has 0 aromatic heterocycles. The van der Waals surface area contributed by atoms with E-state index in [0.717, 1.165) is 18.9 Å². The number of rotatable bonds is 8. The van der Waals surface area contributed by atoms with Crippen LogP contribution < -0.4 is 10.1 Å². The fourth-order valence-corrected chi connectivity index (χ4v) is 1.91. The van der Waals surface area contributed by atoms with Crippen LogP contribution in [0.5, 0.6) is 5.75 Å². The van der Waals surface area contributed by atoms with Gasteiger partial charge in [-0.25, -0.2) is 0 Å². The van der Waals surface area contributed by atoms with Crippen molar-refractivity contribution < 1.29 is 4.74 Å². The molecule has 1 atom stereocenters. The Morgan fingerprint density at radius 3 is 2.65 bits per heavy atom. The minimum Gasteiger partial charge on any atom is -0.492 e. The van der Waals surface area contributed by atoms with Crippen LogP contribution in [0.15, 0.2) is 24.3 Å². The smallest absolute Gasteiger partial charge is 0.119 e. The van der Waals surface area contributed by atoms with Gasteiger partial charge in [-0.1, -0.05) is 17.7 Å². The second-order valence-electron chi connectivity index (χ2n) is 4.33. The molecule has 0 spiro atoms. The van der Waals surface area contributed by atoms with Crippen molar-refractivity contribution in [2.45, 2.75) is 26.3 Å². The van der Waals surface area contributed by atoms with Crippen molar-refractivity contribution in [3.05, 3.63) is 29.8 Å². The first kappa shape index (κ1) is 14.4. The molecule has 1 unspecified atom stereocenters. The zero-order valence-electron chi connectivity index (χ0n) is 11.0. The molecule has 96 valence electrons. The van der Waals surface area contributed by atoms with Crippen LogP contribution in [0.4, 0.5) is 0 Å². The SMILES string of the molecule is CSCCCNC(C)COc1ccc(C)cc1. The molecular formula is C14H23NOS. The summed E-state index contributed by atoms with van der Waals surface area (Å²) in [6.07, 6.45) is 3.36. The molecule has 1 rings (SSSR count).